The van der Waals surface area contributed by atoms with Gasteiger partial charge in [-0.25, -0.2) is 0 Å². The third kappa shape index (κ3) is 43.4. The zero-order chi connectivity index (χ0) is 40.3. The molecule has 0 aliphatic rings. The first kappa shape index (κ1) is 53.4. The van der Waals surface area contributed by atoms with Crippen LogP contribution in [0.25, 0.3) is 0 Å². The lowest BCUT2D eigenvalue weighted by molar-refractivity contribution is -0.167. The molecule has 0 aromatic heterocycles. The molecule has 6 nitrogen and oxygen atoms in total. The summed E-state index contributed by atoms with van der Waals surface area (Å²) in [6.45, 7) is 9.00. The molecule has 0 unspecified atom stereocenters. The Balaban J connectivity index is 4.29. The molecule has 0 aliphatic heterocycles. The first-order valence-corrected chi connectivity index (χ1v) is 24.4. The minimum absolute atomic E-state index is 0.0632. The second-order valence-corrected chi connectivity index (χ2v) is 17.2. The van der Waals surface area contributed by atoms with Crippen molar-refractivity contribution in [3.63, 3.8) is 0 Å². The molecule has 0 aromatic carbocycles. The quantitative estimate of drug-likeness (QED) is 0.0348. The maximum atomic E-state index is 12.7. The van der Waals surface area contributed by atoms with E-state index in [9.17, 15) is 14.4 Å². The number of unbranched alkanes of at least 4 members (excludes halogenated alkanes) is 31. The predicted octanol–water partition coefficient (Wildman–Crippen LogP) is 15.5. The van der Waals surface area contributed by atoms with Crippen molar-refractivity contribution in [2.75, 3.05) is 13.2 Å². The summed E-state index contributed by atoms with van der Waals surface area (Å²) in [4.78, 5) is 37.8. The maximum Gasteiger partial charge on any atom is 0.306 e. The van der Waals surface area contributed by atoms with Gasteiger partial charge in [-0.05, 0) is 25.2 Å². The van der Waals surface area contributed by atoms with E-state index in [0.29, 0.717) is 19.3 Å². The molecule has 1 atom stereocenters. The van der Waals surface area contributed by atoms with E-state index < -0.39 is 6.10 Å². The van der Waals surface area contributed by atoms with Crippen molar-refractivity contribution in [2.24, 2.45) is 5.92 Å². The SMILES string of the molecule is CCCCCCCCCCCCCCCC(=O)OC[C@H](COC(=O)CCCCCCCCCCCCCC(C)C)OC(=O)CCCCCCCCCCCC. The standard InChI is InChI=1S/C49H94O6/c1-5-7-9-11-13-15-17-18-21-25-28-32-36-40-47(50)53-43-46(55-49(52)42-38-34-30-24-16-14-12-10-8-6-2)44-54-48(51)41-37-33-29-26-22-19-20-23-27-31-35-39-45(3)4/h45-46H,5-44H2,1-4H3/t46-/m1/s1. The first-order valence-electron chi connectivity index (χ1n) is 24.4. The fourth-order valence-electron chi connectivity index (χ4n) is 7.33. The summed E-state index contributed by atoms with van der Waals surface area (Å²) in [6.07, 6.45) is 43.7. The number of ether oxygens (including phenoxy) is 3. The zero-order valence-electron chi connectivity index (χ0n) is 37.4. The van der Waals surface area contributed by atoms with Crippen LogP contribution >= 0.6 is 0 Å². The average molecular weight is 779 g/mol. The van der Waals surface area contributed by atoms with Gasteiger partial charge in [0, 0.05) is 19.3 Å². The number of carbonyl (C=O) groups is 3. The van der Waals surface area contributed by atoms with Gasteiger partial charge in [0.2, 0.25) is 0 Å². The van der Waals surface area contributed by atoms with Gasteiger partial charge in [0.15, 0.2) is 6.10 Å². The van der Waals surface area contributed by atoms with Crippen LogP contribution in [0.1, 0.15) is 272 Å². The third-order valence-corrected chi connectivity index (χ3v) is 11.0. The van der Waals surface area contributed by atoms with Crippen molar-refractivity contribution in [2.45, 2.75) is 278 Å². The molecule has 0 bridgehead atoms. The highest BCUT2D eigenvalue weighted by atomic mass is 16.6. The molecule has 6 heteroatoms. The van der Waals surface area contributed by atoms with Crippen molar-refractivity contribution in [3.8, 4) is 0 Å². The molecule has 0 N–H and O–H groups in total. The molecule has 0 saturated carbocycles. The summed E-state index contributed by atoms with van der Waals surface area (Å²) in [7, 11) is 0. The summed E-state index contributed by atoms with van der Waals surface area (Å²) in [5.41, 5.74) is 0. The number of hydrogen-bond acceptors (Lipinski definition) is 6. The maximum absolute atomic E-state index is 12.7. The molecule has 0 radical (unpaired) electrons. The molecular formula is C49H94O6. The largest absolute Gasteiger partial charge is 0.462 e. The Bertz CT molecular complexity index is 826. The lowest BCUT2D eigenvalue weighted by Gasteiger charge is -2.18. The summed E-state index contributed by atoms with van der Waals surface area (Å²) < 4.78 is 16.7. The van der Waals surface area contributed by atoms with E-state index in [0.717, 1.165) is 63.7 Å². The summed E-state index contributed by atoms with van der Waals surface area (Å²) >= 11 is 0. The average Bonchev–Trinajstić information content (AvgIpc) is 3.17. The zero-order valence-corrected chi connectivity index (χ0v) is 37.4. The molecule has 0 aromatic rings. The van der Waals surface area contributed by atoms with Crippen LogP contribution in [-0.4, -0.2) is 37.2 Å². The van der Waals surface area contributed by atoms with Gasteiger partial charge < -0.3 is 14.2 Å². The molecule has 0 rings (SSSR count). The fraction of sp³-hybridized carbons (Fsp3) is 0.939. The Hall–Kier alpha value is -1.59. The molecule has 0 heterocycles. The van der Waals surface area contributed by atoms with Crippen LogP contribution in [0.2, 0.25) is 0 Å². The molecule has 0 saturated heterocycles. The molecule has 326 valence electrons. The van der Waals surface area contributed by atoms with Crippen LogP contribution in [-0.2, 0) is 28.6 Å². The van der Waals surface area contributed by atoms with Crippen LogP contribution < -0.4 is 0 Å². The molecule has 0 fully saturated rings. The summed E-state index contributed by atoms with van der Waals surface area (Å²) in [5.74, 6) is -0.0232. The van der Waals surface area contributed by atoms with E-state index in [4.69, 9.17) is 14.2 Å². The van der Waals surface area contributed by atoms with Gasteiger partial charge in [-0.2, -0.15) is 0 Å². The summed E-state index contributed by atoms with van der Waals surface area (Å²) in [5, 5.41) is 0. The van der Waals surface area contributed by atoms with Crippen LogP contribution in [0.3, 0.4) is 0 Å². The lowest BCUT2D eigenvalue weighted by atomic mass is 10.0. The Morgan fingerprint density at radius 1 is 0.345 bits per heavy atom. The van der Waals surface area contributed by atoms with E-state index >= 15 is 0 Å². The van der Waals surface area contributed by atoms with Gasteiger partial charge in [0.25, 0.3) is 0 Å². The van der Waals surface area contributed by atoms with Gasteiger partial charge in [-0.3, -0.25) is 14.4 Å². The van der Waals surface area contributed by atoms with E-state index in [-0.39, 0.29) is 31.1 Å². The van der Waals surface area contributed by atoms with Crippen molar-refractivity contribution >= 4 is 17.9 Å². The van der Waals surface area contributed by atoms with Crippen LogP contribution in [0.15, 0.2) is 0 Å². The van der Waals surface area contributed by atoms with Crippen LogP contribution in [0.5, 0.6) is 0 Å². The van der Waals surface area contributed by atoms with Gasteiger partial charge in [-0.1, -0.05) is 233 Å². The highest BCUT2D eigenvalue weighted by Crippen LogP contribution is 2.16. The second-order valence-electron chi connectivity index (χ2n) is 17.2. The third-order valence-electron chi connectivity index (χ3n) is 11.0. The topological polar surface area (TPSA) is 78.9 Å². The van der Waals surface area contributed by atoms with Crippen molar-refractivity contribution in [1.82, 2.24) is 0 Å². The monoisotopic (exact) mass is 779 g/mol. The molecule has 0 aliphatic carbocycles. The molecule has 0 amide bonds. The van der Waals surface area contributed by atoms with E-state index in [1.165, 1.54) is 167 Å². The normalized spacial score (nSPS) is 11.9. The van der Waals surface area contributed by atoms with Gasteiger partial charge >= 0.3 is 17.9 Å². The number of esters is 3. The van der Waals surface area contributed by atoms with Crippen molar-refractivity contribution in [1.29, 1.82) is 0 Å². The lowest BCUT2D eigenvalue weighted by Crippen LogP contribution is -2.30. The molecule has 55 heavy (non-hydrogen) atoms. The minimum Gasteiger partial charge on any atom is -0.462 e. The summed E-state index contributed by atoms with van der Waals surface area (Å²) in [6, 6.07) is 0. The second kappa shape index (κ2) is 43.5. The Morgan fingerprint density at radius 3 is 0.891 bits per heavy atom. The van der Waals surface area contributed by atoms with Crippen molar-refractivity contribution in [3.05, 3.63) is 0 Å². The fourth-order valence-corrected chi connectivity index (χ4v) is 7.33. The predicted molar refractivity (Wildman–Crippen MR) is 233 cm³/mol. The van der Waals surface area contributed by atoms with E-state index in [1.54, 1.807) is 0 Å². The van der Waals surface area contributed by atoms with E-state index in [2.05, 4.69) is 27.7 Å². The Morgan fingerprint density at radius 2 is 0.600 bits per heavy atom. The highest BCUT2D eigenvalue weighted by molar-refractivity contribution is 5.71. The Labute approximate surface area is 342 Å². The first-order chi connectivity index (χ1) is 26.9. The smallest absolute Gasteiger partial charge is 0.306 e. The Kier molecular flexibility index (Phi) is 42.3. The highest BCUT2D eigenvalue weighted by Gasteiger charge is 2.19. The van der Waals surface area contributed by atoms with Gasteiger partial charge in [0.1, 0.15) is 13.2 Å². The van der Waals surface area contributed by atoms with Crippen LogP contribution in [0.4, 0.5) is 0 Å². The number of hydrogen-bond donors (Lipinski definition) is 0. The molecule has 0 spiro atoms. The minimum atomic E-state index is -0.759. The number of rotatable bonds is 44. The number of carbonyl (C=O) groups excluding carboxylic acids is 3. The van der Waals surface area contributed by atoms with Gasteiger partial charge in [-0.15, -0.1) is 0 Å². The van der Waals surface area contributed by atoms with Gasteiger partial charge in [0.05, 0.1) is 0 Å². The van der Waals surface area contributed by atoms with Crippen LogP contribution in [0, 0.1) is 5.92 Å². The molecular weight excluding hydrogens is 685 g/mol. The van der Waals surface area contributed by atoms with E-state index in [1.807, 2.05) is 0 Å². The van der Waals surface area contributed by atoms with Crippen molar-refractivity contribution < 1.29 is 28.6 Å².